The molecule has 0 atom stereocenters. The van der Waals surface area contributed by atoms with Crippen molar-refractivity contribution in [3.63, 3.8) is 0 Å². The Bertz CT molecular complexity index is 915. The maximum Gasteiger partial charge on any atom is 0.232 e. The molecule has 6 nitrogen and oxygen atoms in total. The highest BCUT2D eigenvalue weighted by atomic mass is 35.5. The van der Waals surface area contributed by atoms with E-state index in [9.17, 15) is 8.42 Å². The van der Waals surface area contributed by atoms with Crippen LogP contribution in [-0.2, 0) is 15.6 Å². The lowest BCUT2D eigenvalue weighted by molar-refractivity contribution is 0.388. The molecule has 0 unspecified atom stereocenters. The Balaban J connectivity index is 2.00. The molecule has 1 aromatic carbocycles. The van der Waals surface area contributed by atoms with E-state index in [2.05, 4.69) is 10.1 Å². The first-order valence-electron chi connectivity index (χ1n) is 6.40. The van der Waals surface area contributed by atoms with Crippen LogP contribution >= 0.6 is 11.6 Å². The fraction of sp³-hybridized carbons (Fsp3) is 0.143. The first-order chi connectivity index (χ1) is 10.5. The van der Waals surface area contributed by atoms with Gasteiger partial charge in [-0.2, -0.15) is 0 Å². The summed E-state index contributed by atoms with van der Waals surface area (Å²) in [7, 11) is -3.67. The van der Waals surface area contributed by atoms with Gasteiger partial charge in [0, 0.05) is 29.2 Å². The predicted molar refractivity (Wildman–Crippen MR) is 80.7 cm³/mol. The van der Waals surface area contributed by atoms with Crippen molar-refractivity contribution in [3.05, 3.63) is 59.2 Å². The van der Waals surface area contributed by atoms with Gasteiger partial charge in [0.05, 0.1) is 5.69 Å². The van der Waals surface area contributed by atoms with Crippen LogP contribution in [0.1, 0.15) is 11.5 Å². The monoisotopic (exact) mass is 337 g/mol. The first kappa shape index (κ1) is 14.8. The van der Waals surface area contributed by atoms with Crippen LogP contribution in [0, 0.1) is 6.92 Å². The highest BCUT2D eigenvalue weighted by Gasteiger charge is 2.24. The minimum absolute atomic E-state index is 0.0659. The topological polar surface area (TPSA) is 78.0 Å². The summed E-state index contributed by atoms with van der Waals surface area (Å²) in [5, 5.41) is 4.14. The average Bonchev–Trinajstić information content (AvgIpc) is 3.08. The molecule has 3 aromatic rings. The molecule has 2 heterocycles. The first-order valence-corrected chi connectivity index (χ1v) is 8.43. The van der Waals surface area contributed by atoms with E-state index >= 15 is 0 Å². The van der Waals surface area contributed by atoms with Crippen LogP contribution in [0.3, 0.4) is 0 Å². The molecule has 0 spiro atoms. The molecule has 2 aromatic heterocycles. The smallest absolute Gasteiger partial charge is 0.232 e. The minimum Gasteiger partial charge on any atom is -0.360 e. The second kappa shape index (κ2) is 5.58. The lowest BCUT2D eigenvalue weighted by Crippen LogP contribution is -2.11. The average molecular weight is 338 g/mol. The largest absolute Gasteiger partial charge is 0.360 e. The molecule has 3 rings (SSSR count). The number of aryl methyl sites for hydroxylation is 1. The molecule has 114 valence electrons. The van der Waals surface area contributed by atoms with Crippen molar-refractivity contribution in [3.8, 4) is 5.69 Å². The van der Waals surface area contributed by atoms with Crippen LogP contribution in [0.15, 0.2) is 52.4 Å². The lowest BCUT2D eigenvalue weighted by Gasteiger charge is -2.08. The Morgan fingerprint density at radius 1 is 1.32 bits per heavy atom. The van der Waals surface area contributed by atoms with E-state index in [0.717, 1.165) is 0 Å². The maximum absolute atomic E-state index is 12.5. The van der Waals surface area contributed by atoms with Gasteiger partial charge in [-0.3, -0.25) is 4.57 Å². The fourth-order valence-electron chi connectivity index (χ4n) is 2.08. The highest BCUT2D eigenvalue weighted by molar-refractivity contribution is 7.90. The molecule has 8 heteroatoms. The van der Waals surface area contributed by atoms with Gasteiger partial charge in [0.1, 0.15) is 5.75 Å². The van der Waals surface area contributed by atoms with Gasteiger partial charge in [0.25, 0.3) is 0 Å². The van der Waals surface area contributed by atoms with Gasteiger partial charge in [-0.15, -0.1) is 0 Å². The molecule has 0 saturated heterocycles. The van der Waals surface area contributed by atoms with E-state index in [1.807, 2.05) is 0 Å². The second-order valence-electron chi connectivity index (χ2n) is 4.75. The standard InChI is InChI=1S/C14H12ClN3O3S/c1-10-7-13(21-17-10)9-22(19,20)14-16-5-6-18(14)12-4-2-3-11(15)8-12/h2-8H,9H2,1H3. The van der Waals surface area contributed by atoms with E-state index in [4.69, 9.17) is 16.1 Å². The van der Waals surface area contributed by atoms with E-state index in [0.29, 0.717) is 16.4 Å². The van der Waals surface area contributed by atoms with Gasteiger partial charge in [0.2, 0.25) is 15.0 Å². The summed E-state index contributed by atoms with van der Waals surface area (Å²) in [6, 6.07) is 8.47. The van der Waals surface area contributed by atoms with Crippen LogP contribution in [0.2, 0.25) is 5.02 Å². The number of halogens is 1. The fourth-order valence-corrected chi connectivity index (χ4v) is 3.59. The van der Waals surface area contributed by atoms with Crippen molar-refractivity contribution in [1.29, 1.82) is 0 Å². The van der Waals surface area contributed by atoms with Crippen LogP contribution in [0.4, 0.5) is 0 Å². The molecule has 0 bridgehead atoms. The molecule has 0 radical (unpaired) electrons. The van der Waals surface area contributed by atoms with Crippen molar-refractivity contribution in [1.82, 2.24) is 14.7 Å². The van der Waals surface area contributed by atoms with E-state index in [-0.39, 0.29) is 16.7 Å². The molecule has 0 aliphatic carbocycles. The number of sulfone groups is 1. The third kappa shape index (κ3) is 2.90. The number of imidazole rings is 1. The van der Waals surface area contributed by atoms with Gasteiger partial charge >= 0.3 is 0 Å². The highest BCUT2D eigenvalue weighted by Crippen LogP contribution is 2.21. The summed E-state index contributed by atoms with van der Waals surface area (Å²) >= 11 is 5.95. The molecule has 0 aliphatic rings. The van der Waals surface area contributed by atoms with Gasteiger partial charge in [0.15, 0.2) is 5.76 Å². The predicted octanol–water partition coefficient (Wildman–Crippen LogP) is 2.80. The van der Waals surface area contributed by atoms with Gasteiger partial charge < -0.3 is 4.52 Å². The summed E-state index contributed by atoms with van der Waals surface area (Å²) in [6.45, 7) is 1.73. The van der Waals surface area contributed by atoms with Crippen LogP contribution in [0.25, 0.3) is 5.69 Å². The third-order valence-electron chi connectivity index (χ3n) is 2.98. The number of rotatable bonds is 4. The SMILES string of the molecule is Cc1cc(CS(=O)(=O)c2nccn2-c2cccc(Cl)c2)on1. The molecule has 0 N–H and O–H groups in total. The zero-order chi connectivity index (χ0) is 15.7. The maximum atomic E-state index is 12.5. The molecule has 22 heavy (non-hydrogen) atoms. The summed E-state index contributed by atoms with van der Waals surface area (Å²) < 4.78 is 31.5. The van der Waals surface area contributed by atoms with Crippen molar-refractivity contribution in [2.75, 3.05) is 0 Å². The summed E-state index contributed by atoms with van der Waals surface area (Å²) in [5.41, 5.74) is 1.25. The Labute approximate surface area is 132 Å². The molecular weight excluding hydrogens is 326 g/mol. The molecule has 0 fully saturated rings. The van der Waals surface area contributed by atoms with Crippen LogP contribution in [-0.4, -0.2) is 23.1 Å². The van der Waals surface area contributed by atoms with E-state index in [1.165, 1.54) is 10.8 Å². The van der Waals surface area contributed by atoms with Crippen molar-refractivity contribution in [2.45, 2.75) is 17.8 Å². The zero-order valence-electron chi connectivity index (χ0n) is 11.6. The normalized spacial score (nSPS) is 11.7. The Morgan fingerprint density at radius 2 is 2.14 bits per heavy atom. The summed E-state index contributed by atoms with van der Waals surface area (Å²) in [5.74, 6) is -0.0241. The minimum atomic E-state index is -3.67. The number of aromatic nitrogens is 3. The number of benzene rings is 1. The molecule has 0 amide bonds. The van der Waals surface area contributed by atoms with Crippen molar-refractivity contribution < 1.29 is 12.9 Å². The molecule has 0 saturated carbocycles. The molecular formula is C14H12ClN3O3S. The van der Waals surface area contributed by atoms with Gasteiger partial charge in [-0.25, -0.2) is 13.4 Å². The second-order valence-corrected chi connectivity index (χ2v) is 7.07. The van der Waals surface area contributed by atoms with Crippen molar-refractivity contribution >= 4 is 21.4 Å². The van der Waals surface area contributed by atoms with Gasteiger partial charge in [-0.1, -0.05) is 22.8 Å². The van der Waals surface area contributed by atoms with E-state index in [1.54, 1.807) is 43.5 Å². The Morgan fingerprint density at radius 3 is 2.82 bits per heavy atom. The molecule has 0 aliphatic heterocycles. The van der Waals surface area contributed by atoms with Crippen molar-refractivity contribution in [2.24, 2.45) is 0 Å². The Kier molecular flexibility index (Phi) is 3.76. The van der Waals surface area contributed by atoms with E-state index < -0.39 is 9.84 Å². The summed E-state index contributed by atoms with van der Waals surface area (Å²) in [4.78, 5) is 3.97. The Hall–Kier alpha value is -2.12. The number of nitrogens with zero attached hydrogens (tertiary/aromatic N) is 3. The lowest BCUT2D eigenvalue weighted by atomic mass is 10.3. The van der Waals surface area contributed by atoms with Crippen LogP contribution < -0.4 is 0 Å². The third-order valence-corrected chi connectivity index (χ3v) is 4.74. The van der Waals surface area contributed by atoms with Crippen LogP contribution in [0.5, 0.6) is 0 Å². The number of hydrogen-bond donors (Lipinski definition) is 0. The number of hydrogen-bond acceptors (Lipinski definition) is 5. The quantitative estimate of drug-likeness (QED) is 0.731. The zero-order valence-corrected chi connectivity index (χ0v) is 13.2. The van der Waals surface area contributed by atoms with Gasteiger partial charge in [-0.05, 0) is 25.1 Å². The summed E-state index contributed by atoms with van der Waals surface area (Å²) in [6.07, 6.45) is 3.00.